The molecule has 2 amide bonds. The first kappa shape index (κ1) is 26.0. The van der Waals surface area contributed by atoms with Crippen LogP contribution >= 0.6 is 31.9 Å². The van der Waals surface area contributed by atoms with E-state index in [2.05, 4.69) is 42.5 Å². The molecule has 0 radical (unpaired) electrons. The van der Waals surface area contributed by atoms with Gasteiger partial charge >= 0.3 is 0 Å². The number of anilines is 2. The number of benzene rings is 3. The topological polar surface area (TPSA) is 111 Å². The molecule has 0 fully saturated rings. The minimum absolute atomic E-state index is 0.0568. The Hall–Kier alpha value is -3.61. The standard InChI is InChI=1S/C26H21Br2N3O4/c1-15-3-4-21(9-16(15)2)30-24(33)14-35-25-17(11-19(27)12-23(25)28)10-18(13-29)26(34)31-20-5-7-22(32)8-6-20/h3-12,32H,14H2,1-2H3,(H,30,33)(H,31,34)/b18-10+. The Balaban J connectivity index is 1.79. The average molecular weight is 599 g/mol. The van der Waals surface area contributed by atoms with E-state index in [4.69, 9.17) is 4.74 Å². The Morgan fingerprint density at radius 2 is 1.69 bits per heavy atom. The summed E-state index contributed by atoms with van der Waals surface area (Å²) in [5.41, 5.74) is 3.51. The Morgan fingerprint density at radius 1 is 1.00 bits per heavy atom. The van der Waals surface area contributed by atoms with Crippen molar-refractivity contribution in [1.29, 1.82) is 5.26 Å². The fraction of sp³-hybridized carbons (Fsp3) is 0.115. The quantitative estimate of drug-likeness (QED) is 0.173. The molecule has 3 N–H and O–H groups in total. The number of carbonyl (C=O) groups excluding carboxylic acids is 2. The first-order valence-electron chi connectivity index (χ1n) is 10.4. The normalized spacial score (nSPS) is 10.9. The van der Waals surface area contributed by atoms with Gasteiger partial charge in [-0.1, -0.05) is 22.0 Å². The van der Waals surface area contributed by atoms with E-state index in [1.54, 1.807) is 12.1 Å². The largest absolute Gasteiger partial charge is 0.508 e. The fourth-order valence-corrected chi connectivity index (χ4v) is 4.41. The van der Waals surface area contributed by atoms with Crippen molar-refractivity contribution in [3.05, 3.63) is 85.8 Å². The van der Waals surface area contributed by atoms with E-state index in [9.17, 15) is 20.0 Å². The van der Waals surface area contributed by atoms with Gasteiger partial charge in [-0.15, -0.1) is 0 Å². The second-order valence-corrected chi connectivity index (χ2v) is 9.38. The summed E-state index contributed by atoms with van der Waals surface area (Å²) in [4.78, 5) is 25.1. The van der Waals surface area contributed by atoms with Gasteiger partial charge in [0.1, 0.15) is 23.1 Å². The first-order valence-corrected chi connectivity index (χ1v) is 12.0. The third-order valence-corrected chi connectivity index (χ3v) is 6.01. The van der Waals surface area contributed by atoms with Crippen LogP contribution in [0.2, 0.25) is 0 Å². The maximum Gasteiger partial charge on any atom is 0.266 e. The zero-order valence-corrected chi connectivity index (χ0v) is 22.0. The van der Waals surface area contributed by atoms with Crippen LogP contribution in [0.5, 0.6) is 11.5 Å². The number of nitrogens with one attached hydrogen (secondary N) is 2. The number of rotatable bonds is 7. The maximum absolute atomic E-state index is 12.6. The first-order chi connectivity index (χ1) is 16.7. The molecule has 0 spiro atoms. The summed E-state index contributed by atoms with van der Waals surface area (Å²) in [5.74, 6) is -0.633. The average Bonchev–Trinajstić information content (AvgIpc) is 2.80. The van der Waals surface area contributed by atoms with E-state index in [0.717, 1.165) is 11.1 Å². The highest BCUT2D eigenvalue weighted by Crippen LogP contribution is 2.34. The Morgan fingerprint density at radius 3 is 2.34 bits per heavy atom. The molecular weight excluding hydrogens is 578 g/mol. The number of phenolic OH excluding ortho intramolecular Hbond substituents is 1. The number of phenols is 1. The van der Waals surface area contributed by atoms with Gasteiger partial charge in [-0.2, -0.15) is 5.26 Å². The molecule has 0 bridgehead atoms. The molecule has 0 aliphatic rings. The van der Waals surface area contributed by atoms with Crippen LogP contribution < -0.4 is 15.4 Å². The van der Waals surface area contributed by atoms with E-state index in [-0.39, 0.29) is 23.8 Å². The molecule has 178 valence electrons. The summed E-state index contributed by atoms with van der Waals surface area (Å²) in [7, 11) is 0. The molecule has 0 saturated carbocycles. The molecular formula is C26H21Br2N3O4. The molecule has 0 saturated heterocycles. The molecule has 7 nitrogen and oxygen atoms in total. The highest BCUT2D eigenvalue weighted by molar-refractivity contribution is 9.11. The molecule has 9 heteroatoms. The van der Waals surface area contributed by atoms with Crippen molar-refractivity contribution >= 4 is 61.1 Å². The van der Waals surface area contributed by atoms with E-state index < -0.39 is 5.91 Å². The summed E-state index contributed by atoms with van der Waals surface area (Å²) >= 11 is 6.81. The molecule has 0 aliphatic carbocycles. The molecule has 35 heavy (non-hydrogen) atoms. The van der Waals surface area contributed by atoms with Gasteiger partial charge in [0.2, 0.25) is 0 Å². The predicted octanol–water partition coefficient (Wildman–Crippen LogP) is 6.10. The van der Waals surface area contributed by atoms with Crippen LogP contribution in [-0.2, 0) is 9.59 Å². The number of ether oxygens (including phenoxy) is 1. The third kappa shape index (κ3) is 7.18. The molecule has 0 aliphatic heterocycles. The van der Waals surface area contributed by atoms with E-state index in [1.165, 1.54) is 30.3 Å². The SMILES string of the molecule is Cc1ccc(NC(=O)COc2c(Br)cc(Br)cc2/C=C(\C#N)C(=O)Nc2ccc(O)cc2)cc1C. The van der Waals surface area contributed by atoms with Gasteiger partial charge in [-0.05, 0) is 95.5 Å². The smallest absolute Gasteiger partial charge is 0.266 e. The lowest BCUT2D eigenvalue weighted by atomic mass is 10.1. The summed E-state index contributed by atoms with van der Waals surface area (Å²) in [6.07, 6.45) is 1.38. The van der Waals surface area contributed by atoms with E-state index in [1.807, 2.05) is 38.1 Å². The van der Waals surface area contributed by atoms with Crippen molar-refractivity contribution in [2.45, 2.75) is 13.8 Å². The minimum atomic E-state index is -0.632. The Labute approximate surface area is 219 Å². The summed E-state index contributed by atoms with van der Waals surface area (Å²) < 4.78 is 6.99. The Bertz CT molecular complexity index is 1350. The lowest BCUT2D eigenvalue weighted by Crippen LogP contribution is -2.20. The number of aromatic hydroxyl groups is 1. The van der Waals surface area contributed by atoms with Crippen molar-refractivity contribution in [2.24, 2.45) is 0 Å². The number of halogens is 2. The number of carbonyl (C=O) groups is 2. The van der Waals surface area contributed by atoms with E-state index in [0.29, 0.717) is 31.6 Å². The Kier molecular flexibility index (Phi) is 8.68. The maximum atomic E-state index is 12.6. The van der Waals surface area contributed by atoms with E-state index >= 15 is 0 Å². The molecule has 0 heterocycles. The fourth-order valence-electron chi connectivity index (χ4n) is 3.04. The molecule has 3 aromatic rings. The van der Waals surface area contributed by atoms with Crippen molar-refractivity contribution in [2.75, 3.05) is 17.2 Å². The van der Waals surface area contributed by atoms with Gasteiger partial charge in [-0.3, -0.25) is 9.59 Å². The number of hydrogen-bond donors (Lipinski definition) is 3. The van der Waals surface area contributed by atoms with Crippen LogP contribution in [0, 0.1) is 25.2 Å². The van der Waals surface area contributed by atoms with Crippen molar-refractivity contribution in [1.82, 2.24) is 0 Å². The highest BCUT2D eigenvalue weighted by atomic mass is 79.9. The minimum Gasteiger partial charge on any atom is -0.508 e. The lowest BCUT2D eigenvalue weighted by Gasteiger charge is -2.13. The van der Waals surface area contributed by atoms with Crippen molar-refractivity contribution in [3.63, 3.8) is 0 Å². The van der Waals surface area contributed by atoms with Crippen molar-refractivity contribution in [3.8, 4) is 17.6 Å². The van der Waals surface area contributed by atoms with Crippen LogP contribution in [0.25, 0.3) is 6.08 Å². The lowest BCUT2D eigenvalue weighted by molar-refractivity contribution is -0.118. The van der Waals surface area contributed by atoms with Crippen LogP contribution in [0.4, 0.5) is 11.4 Å². The molecule has 0 atom stereocenters. The van der Waals surface area contributed by atoms with Gasteiger partial charge in [0.25, 0.3) is 11.8 Å². The number of nitrogens with zero attached hydrogens (tertiary/aromatic N) is 1. The van der Waals surface area contributed by atoms with Gasteiger partial charge in [0.15, 0.2) is 6.61 Å². The van der Waals surface area contributed by atoms with Gasteiger partial charge < -0.3 is 20.5 Å². The third-order valence-electron chi connectivity index (χ3n) is 4.97. The van der Waals surface area contributed by atoms with Crippen molar-refractivity contribution < 1.29 is 19.4 Å². The second-order valence-electron chi connectivity index (χ2n) is 7.61. The predicted molar refractivity (Wildman–Crippen MR) is 142 cm³/mol. The van der Waals surface area contributed by atoms with Gasteiger partial charge in [0, 0.05) is 21.4 Å². The summed E-state index contributed by atoms with van der Waals surface area (Å²) in [6, 6.07) is 16.8. The second kappa shape index (κ2) is 11.7. The molecule has 0 aromatic heterocycles. The monoisotopic (exact) mass is 597 g/mol. The number of amides is 2. The summed E-state index contributed by atoms with van der Waals surface area (Å²) in [6.45, 7) is 3.67. The van der Waals surface area contributed by atoms with Crippen LogP contribution in [0.15, 0.2) is 69.1 Å². The molecule has 3 aromatic carbocycles. The van der Waals surface area contributed by atoms with Crippen LogP contribution in [0.3, 0.4) is 0 Å². The zero-order valence-electron chi connectivity index (χ0n) is 18.9. The molecule has 3 rings (SSSR count). The number of nitriles is 1. The zero-order chi connectivity index (χ0) is 25.5. The molecule has 0 unspecified atom stereocenters. The van der Waals surface area contributed by atoms with Crippen LogP contribution in [-0.4, -0.2) is 23.5 Å². The number of hydrogen-bond acceptors (Lipinski definition) is 5. The van der Waals surface area contributed by atoms with Gasteiger partial charge in [0.05, 0.1) is 4.47 Å². The number of aryl methyl sites for hydroxylation is 2. The highest BCUT2D eigenvalue weighted by Gasteiger charge is 2.16. The summed E-state index contributed by atoms with van der Waals surface area (Å²) in [5, 5.41) is 24.4. The van der Waals surface area contributed by atoms with Crippen LogP contribution in [0.1, 0.15) is 16.7 Å². The van der Waals surface area contributed by atoms with Gasteiger partial charge in [-0.25, -0.2) is 0 Å².